The Balaban J connectivity index is 1.95. The lowest BCUT2D eigenvalue weighted by atomic mass is 9.89. The van der Waals surface area contributed by atoms with Crippen molar-refractivity contribution in [2.45, 2.75) is 70.6 Å². The molecule has 2 nitrogen and oxygen atoms in total. The summed E-state index contributed by atoms with van der Waals surface area (Å²) in [6, 6.07) is 15.7. The van der Waals surface area contributed by atoms with E-state index >= 15 is 0 Å². The quantitative estimate of drug-likeness (QED) is 0.390. The SMILES string of the molecule is CCC1(c2ccccc2-c2nccn2-c2c(C(C)C)cccc2C(C)C)PC1C. The average molecular weight is 405 g/mol. The summed E-state index contributed by atoms with van der Waals surface area (Å²) in [5.74, 6) is 1.99. The van der Waals surface area contributed by atoms with Crippen LogP contribution in [0.5, 0.6) is 0 Å². The average Bonchev–Trinajstić information content (AvgIpc) is 3.15. The molecule has 3 unspecified atom stereocenters. The lowest BCUT2D eigenvalue weighted by molar-refractivity contribution is 0.675. The lowest BCUT2D eigenvalue weighted by Crippen LogP contribution is -2.13. The van der Waals surface area contributed by atoms with E-state index in [0.717, 1.165) is 20.1 Å². The number of imidazole rings is 1. The molecule has 2 aromatic carbocycles. The van der Waals surface area contributed by atoms with Gasteiger partial charge >= 0.3 is 0 Å². The summed E-state index contributed by atoms with van der Waals surface area (Å²) in [5.41, 5.74) is 7.64. The Bertz CT molecular complexity index is 987. The van der Waals surface area contributed by atoms with Gasteiger partial charge in [-0.05, 0) is 40.6 Å². The molecule has 29 heavy (non-hydrogen) atoms. The van der Waals surface area contributed by atoms with Gasteiger partial charge in [-0.25, -0.2) is 4.98 Å². The molecule has 1 fully saturated rings. The molecule has 3 aromatic rings. The Morgan fingerprint density at radius 3 is 2.17 bits per heavy atom. The van der Waals surface area contributed by atoms with Gasteiger partial charge in [-0.3, -0.25) is 4.57 Å². The van der Waals surface area contributed by atoms with Crippen molar-refractivity contribution < 1.29 is 0 Å². The zero-order valence-electron chi connectivity index (χ0n) is 18.5. The van der Waals surface area contributed by atoms with E-state index in [9.17, 15) is 0 Å². The number of aromatic nitrogens is 2. The molecule has 152 valence electrons. The first-order chi connectivity index (χ1) is 13.9. The molecule has 3 atom stereocenters. The summed E-state index contributed by atoms with van der Waals surface area (Å²) >= 11 is 0. The molecule has 4 rings (SSSR count). The van der Waals surface area contributed by atoms with Gasteiger partial charge in [0.05, 0.1) is 5.69 Å². The molecule has 3 heteroatoms. The third kappa shape index (κ3) is 3.36. The fourth-order valence-corrected chi connectivity index (χ4v) is 6.42. The first kappa shape index (κ1) is 20.4. The summed E-state index contributed by atoms with van der Waals surface area (Å²) in [6.07, 6.45) is 5.31. The van der Waals surface area contributed by atoms with E-state index in [-0.39, 0.29) is 0 Å². The van der Waals surface area contributed by atoms with Crippen molar-refractivity contribution >= 4 is 8.58 Å². The first-order valence-electron chi connectivity index (χ1n) is 10.9. The smallest absolute Gasteiger partial charge is 0.144 e. The Morgan fingerprint density at radius 1 is 1.00 bits per heavy atom. The second kappa shape index (κ2) is 7.73. The van der Waals surface area contributed by atoms with Gasteiger partial charge in [0.2, 0.25) is 0 Å². The number of nitrogens with zero attached hydrogens (tertiary/aromatic N) is 2. The van der Waals surface area contributed by atoms with Gasteiger partial charge in [-0.15, -0.1) is 8.58 Å². The monoisotopic (exact) mass is 404 g/mol. The van der Waals surface area contributed by atoms with Gasteiger partial charge < -0.3 is 0 Å². The van der Waals surface area contributed by atoms with Crippen molar-refractivity contribution in [3.8, 4) is 17.1 Å². The summed E-state index contributed by atoms with van der Waals surface area (Å²) < 4.78 is 2.35. The van der Waals surface area contributed by atoms with Crippen LogP contribution in [0.25, 0.3) is 17.1 Å². The van der Waals surface area contributed by atoms with Crippen LogP contribution in [0.4, 0.5) is 0 Å². The molecule has 0 N–H and O–H groups in total. The van der Waals surface area contributed by atoms with E-state index in [1.54, 1.807) is 0 Å². The second-order valence-electron chi connectivity index (χ2n) is 8.95. The molecule has 0 saturated carbocycles. The summed E-state index contributed by atoms with van der Waals surface area (Å²) in [7, 11) is 1.01. The first-order valence-corrected chi connectivity index (χ1v) is 12.0. The van der Waals surface area contributed by atoms with Gasteiger partial charge in [0.25, 0.3) is 0 Å². The third-order valence-corrected chi connectivity index (χ3v) is 8.75. The second-order valence-corrected chi connectivity index (χ2v) is 11.0. The van der Waals surface area contributed by atoms with Crippen molar-refractivity contribution in [1.82, 2.24) is 9.55 Å². The van der Waals surface area contributed by atoms with Crippen LogP contribution in [0.2, 0.25) is 0 Å². The third-order valence-electron chi connectivity index (χ3n) is 6.56. The molecule has 0 bridgehead atoms. The highest BCUT2D eigenvalue weighted by Crippen LogP contribution is 2.70. The van der Waals surface area contributed by atoms with Gasteiger partial charge in [0.1, 0.15) is 5.82 Å². The summed E-state index contributed by atoms with van der Waals surface area (Å²) in [4.78, 5) is 4.89. The van der Waals surface area contributed by atoms with E-state index in [1.165, 1.54) is 34.4 Å². The maximum absolute atomic E-state index is 4.89. The van der Waals surface area contributed by atoms with Crippen molar-refractivity contribution in [3.63, 3.8) is 0 Å². The van der Waals surface area contributed by atoms with Gasteiger partial charge in [-0.1, -0.05) is 84.0 Å². The standard InChI is InChI=1S/C26H33N2P/c1-7-26(19(6)29-26)23-14-9-8-11-22(23)25-27-15-16-28(25)24-20(17(2)3)12-10-13-21(24)18(4)5/h8-19,29H,7H2,1-6H3. The molecule has 1 aliphatic rings. The molecule has 1 aromatic heterocycles. The normalized spacial score (nSPS) is 22.0. The van der Waals surface area contributed by atoms with Crippen LogP contribution in [0.1, 0.15) is 76.5 Å². The minimum absolute atomic E-state index is 0.339. The zero-order chi connectivity index (χ0) is 20.8. The van der Waals surface area contributed by atoms with E-state index in [2.05, 4.69) is 94.8 Å². The number of benzene rings is 2. The highest BCUT2D eigenvalue weighted by molar-refractivity contribution is 7.49. The lowest BCUT2D eigenvalue weighted by Gasteiger charge is -2.23. The van der Waals surface area contributed by atoms with Crippen LogP contribution in [-0.4, -0.2) is 15.2 Å². The summed E-state index contributed by atoms with van der Waals surface area (Å²) in [5, 5.41) is 0.339. The van der Waals surface area contributed by atoms with E-state index in [0.29, 0.717) is 17.0 Å². The fourth-order valence-electron chi connectivity index (χ4n) is 4.79. The van der Waals surface area contributed by atoms with Crippen molar-refractivity contribution in [3.05, 3.63) is 71.5 Å². The zero-order valence-corrected chi connectivity index (χ0v) is 19.5. The molecule has 0 radical (unpaired) electrons. The maximum Gasteiger partial charge on any atom is 0.144 e. The Morgan fingerprint density at radius 2 is 1.62 bits per heavy atom. The fraction of sp³-hybridized carbons (Fsp3) is 0.423. The topological polar surface area (TPSA) is 17.8 Å². The van der Waals surface area contributed by atoms with Crippen LogP contribution < -0.4 is 0 Å². The Labute approximate surface area is 177 Å². The largest absolute Gasteiger partial charge is 0.299 e. The van der Waals surface area contributed by atoms with E-state index in [1.807, 2.05) is 6.20 Å². The van der Waals surface area contributed by atoms with Gasteiger partial charge in [0, 0.05) is 23.1 Å². The molecular formula is C26H33N2P. The molecular weight excluding hydrogens is 371 g/mol. The molecule has 0 amide bonds. The number of hydrogen-bond donors (Lipinski definition) is 0. The van der Waals surface area contributed by atoms with Crippen molar-refractivity contribution in [1.29, 1.82) is 0 Å². The highest BCUT2D eigenvalue weighted by atomic mass is 31.1. The van der Waals surface area contributed by atoms with Crippen molar-refractivity contribution in [2.24, 2.45) is 0 Å². The van der Waals surface area contributed by atoms with Crippen LogP contribution in [-0.2, 0) is 5.16 Å². The predicted octanol–water partition coefficient (Wildman–Crippen LogP) is 7.47. The van der Waals surface area contributed by atoms with Gasteiger partial charge in [0.15, 0.2) is 0 Å². The summed E-state index contributed by atoms with van der Waals surface area (Å²) in [6.45, 7) is 13.9. The predicted molar refractivity (Wildman–Crippen MR) is 127 cm³/mol. The minimum Gasteiger partial charge on any atom is -0.299 e. The molecule has 0 aliphatic carbocycles. The minimum atomic E-state index is 0.339. The van der Waals surface area contributed by atoms with Crippen LogP contribution in [0.15, 0.2) is 54.9 Å². The highest BCUT2D eigenvalue weighted by Gasteiger charge is 2.51. The number of para-hydroxylation sites is 1. The molecule has 1 saturated heterocycles. The van der Waals surface area contributed by atoms with Crippen LogP contribution in [0.3, 0.4) is 0 Å². The van der Waals surface area contributed by atoms with E-state index < -0.39 is 0 Å². The number of rotatable bonds is 6. The molecule has 1 aliphatic heterocycles. The van der Waals surface area contributed by atoms with E-state index in [4.69, 9.17) is 4.98 Å². The number of hydrogen-bond acceptors (Lipinski definition) is 1. The Hall–Kier alpha value is -1.92. The van der Waals surface area contributed by atoms with Crippen molar-refractivity contribution in [2.75, 3.05) is 0 Å². The van der Waals surface area contributed by atoms with Gasteiger partial charge in [-0.2, -0.15) is 0 Å². The molecule has 2 heterocycles. The van der Waals surface area contributed by atoms with Crippen LogP contribution >= 0.6 is 8.58 Å². The Kier molecular flexibility index (Phi) is 5.42. The molecule has 0 spiro atoms. The van der Waals surface area contributed by atoms with Crippen LogP contribution in [0, 0.1) is 0 Å². The maximum atomic E-state index is 4.89.